The molecule has 2 heteroatoms. The zero-order valence-corrected chi connectivity index (χ0v) is 12.0. The van der Waals surface area contributed by atoms with E-state index in [1.54, 1.807) is 0 Å². The van der Waals surface area contributed by atoms with Gasteiger partial charge in [0.25, 0.3) is 0 Å². The molecule has 1 atom stereocenters. The lowest BCUT2D eigenvalue weighted by molar-refractivity contribution is -0.109. The molecule has 0 spiro atoms. The van der Waals surface area contributed by atoms with Gasteiger partial charge in [0.2, 0.25) is 0 Å². The lowest BCUT2D eigenvalue weighted by atomic mass is 9.84. The highest BCUT2D eigenvalue weighted by atomic mass is 16.3. The van der Waals surface area contributed by atoms with Gasteiger partial charge < -0.3 is 5.11 Å². The van der Waals surface area contributed by atoms with Crippen LogP contribution in [-0.2, 0) is 10.2 Å². The van der Waals surface area contributed by atoms with Crippen LogP contribution in [-0.4, -0.2) is 16.5 Å². The van der Waals surface area contributed by atoms with Crippen LogP contribution in [0.5, 0.6) is 0 Å². The van der Waals surface area contributed by atoms with Crippen molar-refractivity contribution in [3.05, 3.63) is 53.6 Å². The molecule has 102 valence electrons. The Morgan fingerprint density at radius 3 is 2.30 bits per heavy atom. The van der Waals surface area contributed by atoms with Gasteiger partial charge in [-0.1, -0.05) is 51.0 Å². The van der Waals surface area contributed by atoms with Crippen molar-refractivity contribution in [2.45, 2.75) is 31.8 Å². The van der Waals surface area contributed by atoms with Gasteiger partial charge in [-0.15, -0.1) is 6.42 Å². The largest absolute Gasteiger partial charge is 0.370 e. The molecule has 1 unspecified atom stereocenters. The molecule has 1 aliphatic carbocycles. The fourth-order valence-electron chi connectivity index (χ4n) is 2.10. The number of terminal acetylenes is 1. The predicted octanol–water partition coefficient (Wildman–Crippen LogP) is 2.87. The summed E-state index contributed by atoms with van der Waals surface area (Å²) in [5.74, 6) is 2.13. The average molecular weight is 266 g/mol. The quantitative estimate of drug-likeness (QED) is 0.794. The Kier molecular flexibility index (Phi) is 3.41. The number of aliphatic hydroxyl groups is 1. The van der Waals surface area contributed by atoms with Gasteiger partial charge in [0.05, 0.1) is 0 Å². The first-order valence-electron chi connectivity index (χ1n) is 6.53. The zero-order valence-electron chi connectivity index (χ0n) is 12.0. The summed E-state index contributed by atoms with van der Waals surface area (Å²) in [4.78, 5) is 11.9. The van der Waals surface area contributed by atoms with Crippen LogP contribution in [0.15, 0.2) is 42.5 Å². The molecule has 0 bridgehead atoms. The van der Waals surface area contributed by atoms with E-state index in [0.29, 0.717) is 5.57 Å². The maximum atomic E-state index is 11.9. The third-order valence-electron chi connectivity index (χ3n) is 3.41. The minimum Gasteiger partial charge on any atom is -0.370 e. The van der Waals surface area contributed by atoms with Crippen molar-refractivity contribution < 1.29 is 9.90 Å². The minimum atomic E-state index is -1.48. The highest BCUT2D eigenvalue weighted by Gasteiger charge is 2.26. The summed E-state index contributed by atoms with van der Waals surface area (Å²) < 4.78 is 0. The van der Waals surface area contributed by atoms with Crippen molar-refractivity contribution in [1.82, 2.24) is 0 Å². The summed E-state index contributed by atoms with van der Waals surface area (Å²) in [7, 11) is 0. The van der Waals surface area contributed by atoms with Crippen LogP contribution >= 0.6 is 0 Å². The van der Waals surface area contributed by atoms with E-state index in [1.165, 1.54) is 23.8 Å². The standard InChI is InChI=1S/C18H18O2/c1-5-18(20)11-10-16(19)15(12-18)13-6-8-14(9-7-13)17(2,3)4/h1,6-12,20H,2-4H3. The second-order valence-corrected chi connectivity index (χ2v) is 6.05. The molecule has 0 radical (unpaired) electrons. The Labute approximate surface area is 119 Å². The van der Waals surface area contributed by atoms with Crippen LogP contribution in [0.1, 0.15) is 31.9 Å². The lowest BCUT2D eigenvalue weighted by Gasteiger charge is -2.21. The molecule has 1 aromatic rings. The highest BCUT2D eigenvalue weighted by Crippen LogP contribution is 2.28. The number of hydrogen-bond donors (Lipinski definition) is 1. The molecular weight excluding hydrogens is 248 g/mol. The number of hydrogen-bond acceptors (Lipinski definition) is 2. The molecule has 1 N–H and O–H groups in total. The van der Waals surface area contributed by atoms with Crippen molar-refractivity contribution in [3.8, 4) is 12.3 Å². The molecule has 0 saturated heterocycles. The van der Waals surface area contributed by atoms with Gasteiger partial charge in [0.1, 0.15) is 0 Å². The van der Waals surface area contributed by atoms with E-state index in [-0.39, 0.29) is 11.2 Å². The molecular formula is C18H18O2. The Balaban J connectivity index is 2.42. The first kappa shape index (κ1) is 14.3. The maximum absolute atomic E-state index is 11.9. The smallest absolute Gasteiger partial charge is 0.186 e. The Morgan fingerprint density at radius 1 is 1.20 bits per heavy atom. The van der Waals surface area contributed by atoms with Crippen molar-refractivity contribution in [2.75, 3.05) is 0 Å². The topological polar surface area (TPSA) is 37.3 Å². The van der Waals surface area contributed by atoms with Gasteiger partial charge in [-0.3, -0.25) is 4.79 Å². The monoisotopic (exact) mass is 266 g/mol. The summed E-state index contributed by atoms with van der Waals surface area (Å²) >= 11 is 0. The van der Waals surface area contributed by atoms with Crippen LogP contribution in [0.4, 0.5) is 0 Å². The molecule has 20 heavy (non-hydrogen) atoms. The number of allylic oxidation sites excluding steroid dienone is 2. The molecule has 1 aliphatic rings. The lowest BCUT2D eigenvalue weighted by Crippen LogP contribution is -2.25. The summed E-state index contributed by atoms with van der Waals surface area (Å²) in [6.07, 6.45) is 9.39. The van der Waals surface area contributed by atoms with E-state index < -0.39 is 5.60 Å². The molecule has 0 amide bonds. The van der Waals surface area contributed by atoms with Gasteiger partial charge >= 0.3 is 0 Å². The zero-order chi connectivity index (χ0) is 15.0. The van der Waals surface area contributed by atoms with E-state index in [9.17, 15) is 9.90 Å². The summed E-state index contributed by atoms with van der Waals surface area (Å²) in [6.45, 7) is 6.40. The Hall–Kier alpha value is -2.11. The Morgan fingerprint density at radius 2 is 1.80 bits per heavy atom. The van der Waals surface area contributed by atoms with E-state index in [1.807, 2.05) is 24.3 Å². The summed E-state index contributed by atoms with van der Waals surface area (Å²) in [5, 5.41) is 10.1. The average Bonchev–Trinajstić information content (AvgIpc) is 2.41. The van der Waals surface area contributed by atoms with E-state index in [2.05, 4.69) is 26.7 Å². The predicted molar refractivity (Wildman–Crippen MR) is 81.0 cm³/mol. The molecule has 0 aromatic heterocycles. The highest BCUT2D eigenvalue weighted by molar-refractivity contribution is 6.27. The molecule has 2 nitrogen and oxygen atoms in total. The van der Waals surface area contributed by atoms with Crippen LogP contribution in [0.25, 0.3) is 5.57 Å². The van der Waals surface area contributed by atoms with Gasteiger partial charge in [-0.2, -0.15) is 0 Å². The molecule has 0 aliphatic heterocycles. The Bertz CT molecular complexity index is 633. The fraction of sp³-hybridized carbons (Fsp3) is 0.278. The number of rotatable bonds is 1. The SMILES string of the molecule is C#CC1(O)C=CC(=O)C(c2ccc(C(C)(C)C)cc2)=C1. The molecule has 0 saturated carbocycles. The van der Waals surface area contributed by atoms with E-state index in [4.69, 9.17) is 6.42 Å². The number of benzene rings is 1. The van der Waals surface area contributed by atoms with E-state index in [0.717, 1.165) is 5.56 Å². The first-order valence-corrected chi connectivity index (χ1v) is 6.53. The summed E-state index contributed by atoms with van der Waals surface area (Å²) in [5.41, 5.74) is 0.969. The van der Waals surface area contributed by atoms with Crippen LogP contribution < -0.4 is 0 Å². The number of ketones is 1. The number of carbonyl (C=O) groups excluding carboxylic acids is 1. The maximum Gasteiger partial charge on any atom is 0.186 e. The number of carbonyl (C=O) groups is 1. The second kappa shape index (κ2) is 4.77. The molecule has 2 rings (SSSR count). The van der Waals surface area contributed by atoms with Gasteiger partial charge in [-0.05, 0) is 34.8 Å². The summed E-state index contributed by atoms with van der Waals surface area (Å²) in [6, 6.07) is 7.77. The van der Waals surface area contributed by atoms with Crippen molar-refractivity contribution in [2.24, 2.45) is 0 Å². The van der Waals surface area contributed by atoms with Crippen LogP contribution in [0, 0.1) is 12.3 Å². The fourth-order valence-corrected chi connectivity index (χ4v) is 2.10. The van der Waals surface area contributed by atoms with Crippen molar-refractivity contribution in [1.29, 1.82) is 0 Å². The van der Waals surface area contributed by atoms with Crippen molar-refractivity contribution in [3.63, 3.8) is 0 Å². The molecule has 1 aromatic carbocycles. The van der Waals surface area contributed by atoms with Crippen molar-refractivity contribution >= 4 is 11.4 Å². The second-order valence-electron chi connectivity index (χ2n) is 6.05. The van der Waals surface area contributed by atoms with Gasteiger partial charge in [0.15, 0.2) is 11.4 Å². The van der Waals surface area contributed by atoms with Crippen LogP contribution in [0.2, 0.25) is 0 Å². The first-order chi connectivity index (χ1) is 9.25. The normalized spacial score (nSPS) is 22.4. The minimum absolute atomic E-state index is 0.0585. The van der Waals surface area contributed by atoms with Gasteiger partial charge in [0, 0.05) is 5.57 Å². The third-order valence-corrected chi connectivity index (χ3v) is 3.41. The molecule has 0 heterocycles. The van der Waals surface area contributed by atoms with Crippen LogP contribution in [0.3, 0.4) is 0 Å². The molecule has 0 fully saturated rings. The van der Waals surface area contributed by atoms with E-state index >= 15 is 0 Å². The van der Waals surface area contributed by atoms with Gasteiger partial charge in [-0.25, -0.2) is 0 Å². The third kappa shape index (κ3) is 2.74.